The van der Waals surface area contributed by atoms with E-state index in [-0.39, 0.29) is 5.91 Å². The molecule has 0 aliphatic carbocycles. The summed E-state index contributed by atoms with van der Waals surface area (Å²) in [5.74, 6) is 0.112. The first-order valence-corrected chi connectivity index (χ1v) is 8.15. The molecule has 118 valence electrons. The van der Waals surface area contributed by atoms with Crippen molar-refractivity contribution < 1.29 is 4.79 Å². The highest BCUT2D eigenvalue weighted by Gasteiger charge is 2.12. The summed E-state index contributed by atoms with van der Waals surface area (Å²) in [7, 11) is 0. The molecular formula is C17H24N4O. The Labute approximate surface area is 131 Å². The first-order chi connectivity index (χ1) is 10.7. The standard InChI is InChI=1S/C17H24N4O/c1-13-5-6-15-14(11-13)16(20-19-15)12-18-17(22)7-10-21-8-3-2-4-9-21/h5-6,11H,2-4,7-10,12H2,1H3,(H,18,22)(H,19,20). The molecule has 1 aliphatic rings. The zero-order valence-electron chi connectivity index (χ0n) is 13.2. The summed E-state index contributed by atoms with van der Waals surface area (Å²) >= 11 is 0. The molecule has 5 nitrogen and oxygen atoms in total. The monoisotopic (exact) mass is 300 g/mol. The van der Waals surface area contributed by atoms with Crippen molar-refractivity contribution in [2.75, 3.05) is 19.6 Å². The third-order valence-electron chi connectivity index (χ3n) is 4.35. The number of likely N-dealkylation sites (tertiary alicyclic amines) is 1. The Bertz CT molecular complexity index is 643. The molecule has 2 N–H and O–H groups in total. The molecule has 1 aromatic carbocycles. The summed E-state index contributed by atoms with van der Waals surface area (Å²) in [4.78, 5) is 14.4. The normalized spacial score (nSPS) is 16.0. The van der Waals surface area contributed by atoms with Gasteiger partial charge in [0, 0.05) is 18.4 Å². The molecule has 5 heteroatoms. The van der Waals surface area contributed by atoms with Gasteiger partial charge in [-0.05, 0) is 45.0 Å². The van der Waals surface area contributed by atoms with Gasteiger partial charge in [0.1, 0.15) is 0 Å². The van der Waals surface area contributed by atoms with Gasteiger partial charge >= 0.3 is 0 Å². The zero-order valence-corrected chi connectivity index (χ0v) is 13.2. The Morgan fingerprint density at radius 2 is 2.14 bits per heavy atom. The molecule has 0 unspecified atom stereocenters. The number of hydrogen-bond acceptors (Lipinski definition) is 3. The summed E-state index contributed by atoms with van der Waals surface area (Å²) in [5.41, 5.74) is 3.12. The molecule has 1 amide bonds. The molecule has 2 aromatic rings. The third kappa shape index (κ3) is 3.65. The van der Waals surface area contributed by atoms with Crippen molar-refractivity contribution in [3.63, 3.8) is 0 Å². The van der Waals surface area contributed by atoms with Crippen molar-refractivity contribution in [1.29, 1.82) is 0 Å². The number of H-pyrrole nitrogens is 1. The van der Waals surface area contributed by atoms with Crippen LogP contribution in [0.5, 0.6) is 0 Å². The van der Waals surface area contributed by atoms with Gasteiger partial charge in [0.15, 0.2) is 0 Å². The van der Waals surface area contributed by atoms with E-state index in [1.807, 2.05) is 12.1 Å². The van der Waals surface area contributed by atoms with Crippen LogP contribution in [-0.4, -0.2) is 40.6 Å². The number of rotatable bonds is 5. The van der Waals surface area contributed by atoms with Crippen molar-refractivity contribution in [1.82, 2.24) is 20.4 Å². The molecule has 3 rings (SSSR count). The highest BCUT2D eigenvalue weighted by Crippen LogP contribution is 2.17. The predicted molar refractivity (Wildman–Crippen MR) is 87.6 cm³/mol. The Morgan fingerprint density at radius 1 is 1.32 bits per heavy atom. The van der Waals surface area contributed by atoms with E-state index in [2.05, 4.69) is 33.4 Å². The van der Waals surface area contributed by atoms with Gasteiger partial charge < -0.3 is 10.2 Å². The molecular weight excluding hydrogens is 276 g/mol. The summed E-state index contributed by atoms with van der Waals surface area (Å²) in [6.07, 6.45) is 4.43. The second-order valence-corrected chi connectivity index (χ2v) is 6.15. The van der Waals surface area contributed by atoms with E-state index in [0.29, 0.717) is 13.0 Å². The lowest BCUT2D eigenvalue weighted by Crippen LogP contribution is -2.34. The van der Waals surface area contributed by atoms with Crippen LogP contribution in [0.3, 0.4) is 0 Å². The molecule has 1 aromatic heterocycles. The Balaban J connectivity index is 1.50. The zero-order chi connectivity index (χ0) is 15.4. The minimum atomic E-state index is 0.112. The maximum Gasteiger partial charge on any atom is 0.221 e. The number of hydrogen-bond donors (Lipinski definition) is 2. The minimum Gasteiger partial charge on any atom is -0.350 e. The fourth-order valence-electron chi connectivity index (χ4n) is 3.03. The number of piperidine rings is 1. The third-order valence-corrected chi connectivity index (χ3v) is 4.35. The second-order valence-electron chi connectivity index (χ2n) is 6.15. The van der Waals surface area contributed by atoms with Gasteiger partial charge in [0.2, 0.25) is 5.91 Å². The number of carbonyl (C=O) groups is 1. The molecule has 0 radical (unpaired) electrons. The quantitative estimate of drug-likeness (QED) is 0.891. The van der Waals surface area contributed by atoms with Crippen LogP contribution >= 0.6 is 0 Å². The molecule has 0 bridgehead atoms. The minimum absolute atomic E-state index is 0.112. The van der Waals surface area contributed by atoms with Gasteiger partial charge in [0.25, 0.3) is 0 Å². The summed E-state index contributed by atoms with van der Waals surface area (Å²) in [5, 5.41) is 11.4. The number of fused-ring (bicyclic) bond motifs is 1. The number of nitrogens with one attached hydrogen (secondary N) is 2. The number of aromatic nitrogens is 2. The van der Waals surface area contributed by atoms with E-state index in [4.69, 9.17) is 0 Å². The first kappa shape index (κ1) is 15.0. The summed E-state index contributed by atoms with van der Waals surface area (Å²) in [6.45, 7) is 5.72. The Hall–Kier alpha value is -1.88. The summed E-state index contributed by atoms with van der Waals surface area (Å²) < 4.78 is 0. The predicted octanol–water partition coefficient (Wildman–Crippen LogP) is 2.36. The van der Waals surface area contributed by atoms with E-state index in [1.54, 1.807) is 0 Å². The van der Waals surface area contributed by atoms with Gasteiger partial charge in [0.05, 0.1) is 17.8 Å². The van der Waals surface area contributed by atoms with Crippen molar-refractivity contribution in [3.05, 3.63) is 29.5 Å². The van der Waals surface area contributed by atoms with Gasteiger partial charge in [-0.3, -0.25) is 9.89 Å². The van der Waals surface area contributed by atoms with Crippen molar-refractivity contribution in [2.45, 2.75) is 39.2 Å². The fourth-order valence-corrected chi connectivity index (χ4v) is 3.03. The lowest BCUT2D eigenvalue weighted by molar-refractivity contribution is -0.121. The van der Waals surface area contributed by atoms with Gasteiger partial charge in [-0.15, -0.1) is 0 Å². The van der Waals surface area contributed by atoms with E-state index in [1.165, 1.54) is 24.8 Å². The Morgan fingerprint density at radius 3 is 2.95 bits per heavy atom. The maximum absolute atomic E-state index is 12.0. The van der Waals surface area contributed by atoms with Crippen molar-refractivity contribution >= 4 is 16.8 Å². The Kier molecular flexibility index (Phi) is 4.73. The second kappa shape index (κ2) is 6.92. The van der Waals surface area contributed by atoms with Gasteiger partial charge in [-0.2, -0.15) is 5.10 Å². The smallest absolute Gasteiger partial charge is 0.221 e. The average Bonchev–Trinajstić information content (AvgIpc) is 2.94. The molecule has 1 fully saturated rings. The number of nitrogens with zero attached hydrogens (tertiary/aromatic N) is 2. The SMILES string of the molecule is Cc1ccc2n[nH]c(CNC(=O)CCN3CCCCC3)c2c1. The molecule has 1 saturated heterocycles. The van der Waals surface area contributed by atoms with Crippen LogP contribution in [0.15, 0.2) is 18.2 Å². The fraction of sp³-hybridized carbons (Fsp3) is 0.529. The van der Waals surface area contributed by atoms with Crippen LogP contribution < -0.4 is 5.32 Å². The van der Waals surface area contributed by atoms with Crippen molar-refractivity contribution in [3.8, 4) is 0 Å². The van der Waals surface area contributed by atoms with E-state index in [0.717, 1.165) is 36.2 Å². The first-order valence-electron chi connectivity index (χ1n) is 8.15. The maximum atomic E-state index is 12.0. The molecule has 0 saturated carbocycles. The summed E-state index contributed by atoms with van der Waals surface area (Å²) in [6, 6.07) is 6.15. The highest BCUT2D eigenvalue weighted by atomic mass is 16.1. The number of amides is 1. The number of aryl methyl sites for hydroxylation is 1. The van der Waals surface area contributed by atoms with Crippen LogP contribution in [0.1, 0.15) is 36.9 Å². The highest BCUT2D eigenvalue weighted by molar-refractivity contribution is 5.83. The molecule has 1 aliphatic heterocycles. The van der Waals surface area contributed by atoms with Crippen LogP contribution in [0.2, 0.25) is 0 Å². The van der Waals surface area contributed by atoms with E-state index < -0.39 is 0 Å². The van der Waals surface area contributed by atoms with E-state index >= 15 is 0 Å². The van der Waals surface area contributed by atoms with E-state index in [9.17, 15) is 4.79 Å². The lowest BCUT2D eigenvalue weighted by atomic mass is 10.1. The molecule has 2 heterocycles. The lowest BCUT2D eigenvalue weighted by Gasteiger charge is -2.25. The van der Waals surface area contributed by atoms with Gasteiger partial charge in [-0.1, -0.05) is 18.1 Å². The number of benzene rings is 1. The number of carbonyl (C=O) groups excluding carboxylic acids is 1. The van der Waals surface area contributed by atoms with Crippen LogP contribution in [0.25, 0.3) is 10.9 Å². The van der Waals surface area contributed by atoms with Gasteiger partial charge in [-0.25, -0.2) is 0 Å². The molecule has 0 spiro atoms. The van der Waals surface area contributed by atoms with Crippen LogP contribution in [-0.2, 0) is 11.3 Å². The number of aromatic amines is 1. The van der Waals surface area contributed by atoms with Crippen LogP contribution in [0, 0.1) is 6.92 Å². The van der Waals surface area contributed by atoms with Crippen molar-refractivity contribution in [2.24, 2.45) is 0 Å². The van der Waals surface area contributed by atoms with Crippen LogP contribution in [0.4, 0.5) is 0 Å². The topological polar surface area (TPSA) is 61.0 Å². The molecule has 22 heavy (non-hydrogen) atoms. The largest absolute Gasteiger partial charge is 0.350 e. The average molecular weight is 300 g/mol. The molecule has 0 atom stereocenters.